The number of nitrogens with zero attached hydrogens (tertiary/aromatic N) is 2. The first-order chi connectivity index (χ1) is 9.85. The molecule has 1 heterocycles. The van der Waals surface area contributed by atoms with Crippen LogP contribution in [0.2, 0.25) is 0 Å². The molecule has 2 rings (SSSR count). The Labute approximate surface area is 126 Å². The molecule has 1 aromatic carbocycles. The Kier molecular flexibility index (Phi) is 4.42. The molecule has 0 radical (unpaired) electrons. The number of likely N-dealkylation sites (N-methyl/N-ethyl adjacent to an activating group) is 1. The van der Waals surface area contributed by atoms with Crippen molar-refractivity contribution in [3.05, 3.63) is 23.8 Å². The van der Waals surface area contributed by atoms with Crippen LogP contribution in [0.5, 0.6) is 5.75 Å². The lowest BCUT2D eigenvalue weighted by atomic mass is 9.99. The summed E-state index contributed by atoms with van der Waals surface area (Å²) < 4.78 is 5.41. The summed E-state index contributed by atoms with van der Waals surface area (Å²) in [5, 5.41) is 0. The zero-order valence-electron chi connectivity index (χ0n) is 13.3. The fourth-order valence-electron chi connectivity index (χ4n) is 2.56. The minimum atomic E-state index is -0.00921. The van der Waals surface area contributed by atoms with Crippen LogP contribution >= 0.6 is 0 Å². The fraction of sp³-hybridized carbons (Fsp3) is 0.562. The van der Waals surface area contributed by atoms with E-state index in [-0.39, 0.29) is 11.4 Å². The lowest BCUT2D eigenvalue weighted by molar-refractivity contribution is 0.0311. The van der Waals surface area contributed by atoms with Crippen molar-refractivity contribution in [2.75, 3.05) is 39.0 Å². The standard InChI is InChI=1S/C16H25N3O2/c1-5-21-14-7-6-12(10-13(14)17)15(20)19-9-8-18(4)16(2,3)11-19/h6-7,10H,5,8-9,11,17H2,1-4H3. The van der Waals surface area contributed by atoms with Crippen LogP contribution in [0.3, 0.4) is 0 Å². The molecular formula is C16H25N3O2. The monoisotopic (exact) mass is 291 g/mol. The second-order valence-corrected chi connectivity index (χ2v) is 6.15. The molecule has 0 spiro atoms. The second kappa shape index (κ2) is 5.93. The van der Waals surface area contributed by atoms with Crippen molar-refractivity contribution in [2.45, 2.75) is 26.3 Å². The molecule has 5 nitrogen and oxygen atoms in total. The number of carbonyl (C=O) groups is 1. The lowest BCUT2D eigenvalue weighted by Crippen LogP contribution is -2.58. The van der Waals surface area contributed by atoms with Gasteiger partial charge in [0, 0.05) is 30.7 Å². The number of ether oxygens (including phenoxy) is 1. The molecular weight excluding hydrogens is 266 g/mol. The van der Waals surface area contributed by atoms with Gasteiger partial charge in [0.25, 0.3) is 5.91 Å². The summed E-state index contributed by atoms with van der Waals surface area (Å²) in [6.45, 7) is 9.11. The molecule has 0 atom stereocenters. The lowest BCUT2D eigenvalue weighted by Gasteiger charge is -2.45. The van der Waals surface area contributed by atoms with Crippen molar-refractivity contribution < 1.29 is 9.53 Å². The van der Waals surface area contributed by atoms with E-state index in [0.717, 1.165) is 19.6 Å². The smallest absolute Gasteiger partial charge is 0.254 e. The fourth-order valence-corrected chi connectivity index (χ4v) is 2.56. The summed E-state index contributed by atoms with van der Waals surface area (Å²) in [6.07, 6.45) is 0. The van der Waals surface area contributed by atoms with Crippen LogP contribution in [-0.2, 0) is 0 Å². The molecule has 0 aromatic heterocycles. The van der Waals surface area contributed by atoms with Crippen LogP contribution in [0, 0.1) is 0 Å². The number of amides is 1. The van der Waals surface area contributed by atoms with E-state index in [9.17, 15) is 4.79 Å². The Hall–Kier alpha value is -1.75. The highest BCUT2D eigenvalue weighted by atomic mass is 16.5. The van der Waals surface area contributed by atoms with Gasteiger partial charge in [-0.2, -0.15) is 0 Å². The number of carbonyl (C=O) groups excluding carboxylic acids is 1. The van der Waals surface area contributed by atoms with Gasteiger partial charge in [0.1, 0.15) is 5.75 Å². The van der Waals surface area contributed by atoms with E-state index in [1.54, 1.807) is 18.2 Å². The Morgan fingerprint density at radius 1 is 1.38 bits per heavy atom. The molecule has 1 aromatic rings. The molecule has 0 unspecified atom stereocenters. The SMILES string of the molecule is CCOc1ccc(C(=O)N2CCN(C)C(C)(C)C2)cc1N. The van der Waals surface area contributed by atoms with E-state index in [4.69, 9.17) is 10.5 Å². The number of nitrogens with two attached hydrogens (primary N) is 1. The predicted molar refractivity (Wildman–Crippen MR) is 84.6 cm³/mol. The predicted octanol–water partition coefficient (Wildman–Crippen LogP) is 1.83. The zero-order chi connectivity index (χ0) is 15.6. The number of benzene rings is 1. The van der Waals surface area contributed by atoms with Crippen molar-refractivity contribution in [1.29, 1.82) is 0 Å². The van der Waals surface area contributed by atoms with Crippen LogP contribution in [0.25, 0.3) is 0 Å². The molecule has 1 saturated heterocycles. The molecule has 1 aliphatic heterocycles. The maximum Gasteiger partial charge on any atom is 0.254 e. The third kappa shape index (κ3) is 3.29. The van der Waals surface area contributed by atoms with E-state index >= 15 is 0 Å². The molecule has 21 heavy (non-hydrogen) atoms. The van der Waals surface area contributed by atoms with Crippen molar-refractivity contribution in [1.82, 2.24) is 9.80 Å². The van der Waals surface area contributed by atoms with Crippen molar-refractivity contribution in [3.8, 4) is 5.75 Å². The third-order valence-corrected chi connectivity index (χ3v) is 4.16. The summed E-state index contributed by atoms with van der Waals surface area (Å²) in [5.41, 5.74) is 7.07. The number of hydrogen-bond acceptors (Lipinski definition) is 4. The summed E-state index contributed by atoms with van der Waals surface area (Å²) in [7, 11) is 2.09. The Morgan fingerprint density at radius 2 is 2.10 bits per heavy atom. The molecule has 0 saturated carbocycles. The van der Waals surface area contributed by atoms with Crippen LogP contribution in [-0.4, -0.2) is 54.5 Å². The minimum absolute atomic E-state index is 0.00921. The first-order valence-electron chi connectivity index (χ1n) is 7.38. The Morgan fingerprint density at radius 3 is 2.67 bits per heavy atom. The van der Waals surface area contributed by atoms with Gasteiger partial charge in [-0.3, -0.25) is 9.69 Å². The Balaban J connectivity index is 2.15. The van der Waals surface area contributed by atoms with Gasteiger partial charge < -0.3 is 15.4 Å². The number of hydrogen-bond donors (Lipinski definition) is 1. The van der Waals surface area contributed by atoms with Gasteiger partial charge in [0.15, 0.2) is 0 Å². The first kappa shape index (κ1) is 15.6. The highest BCUT2D eigenvalue weighted by Crippen LogP contribution is 2.25. The third-order valence-electron chi connectivity index (χ3n) is 4.16. The van der Waals surface area contributed by atoms with Crippen LogP contribution in [0.1, 0.15) is 31.1 Å². The average Bonchev–Trinajstić information content (AvgIpc) is 2.43. The van der Waals surface area contributed by atoms with Gasteiger partial charge in [-0.05, 0) is 46.0 Å². The zero-order valence-corrected chi connectivity index (χ0v) is 13.3. The molecule has 0 bridgehead atoms. The highest BCUT2D eigenvalue weighted by molar-refractivity contribution is 5.95. The maximum absolute atomic E-state index is 12.6. The van der Waals surface area contributed by atoms with Crippen molar-refractivity contribution in [3.63, 3.8) is 0 Å². The van der Waals surface area contributed by atoms with E-state index in [1.807, 2.05) is 11.8 Å². The normalized spacial score (nSPS) is 18.6. The van der Waals surface area contributed by atoms with E-state index < -0.39 is 0 Å². The van der Waals surface area contributed by atoms with Gasteiger partial charge in [-0.25, -0.2) is 0 Å². The number of anilines is 1. The van der Waals surface area contributed by atoms with Crippen LogP contribution in [0.15, 0.2) is 18.2 Å². The topological polar surface area (TPSA) is 58.8 Å². The molecule has 1 amide bonds. The summed E-state index contributed by atoms with van der Waals surface area (Å²) in [6, 6.07) is 5.26. The van der Waals surface area contributed by atoms with Gasteiger partial charge in [0.05, 0.1) is 12.3 Å². The number of nitrogen functional groups attached to an aromatic ring is 1. The van der Waals surface area contributed by atoms with Crippen LogP contribution < -0.4 is 10.5 Å². The van der Waals surface area contributed by atoms with Gasteiger partial charge in [0.2, 0.25) is 0 Å². The number of piperazine rings is 1. The first-order valence-corrected chi connectivity index (χ1v) is 7.38. The van der Waals surface area contributed by atoms with Crippen molar-refractivity contribution >= 4 is 11.6 Å². The van der Waals surface area contributed by atoms with Gasteiger partial charge in [-0.15, -0.1) is 0 Å². The highest BCUT2D eigenvalue weighted by Gasteiger charge is 2.33. The quantitative estimate of drug-likeness (QED) is 0.863. The van der Waals surface area contributed by atoms with Crippen molar-refractivity contribution in [2.24, 2.45) is 0 Å². The summed E-state index contributed by atoms with van der Waals surface area (Å²) in [5.74, 6) is 0.665. The molecule has 5 heteroatoms. The molecule has 1 aliphatic rings. The largest absolute Gasteiger partial charge is 0.492 e. The molecule has 2 N–H and O–H groups in total. The molecule has 1 fully saturated rings. The van der Waals surface area contributed by atoms with Gasteiger partial charge in [-0.1, -0.05) is 0 Å². The van der Waals surface area contributed by atoms with E-state index in [2.05, 4.69) is 25.8 Å². The summed E-state index contributed by atoms with van der Waals surface area (Å²) in [4.78, 5) is 16.8. The van der Waals surface area contributed by atoms with Crippen LogP contribution in [0.4, 0.5) is 5.69 Å². The van der Waals surface area contributed by atoms with E-state index in [0.29, 0.717) is 23.6 Å². The molecule has 116 valence electrons. The summed E-state index contributed by atoms with van der Waals surface area (Å²) >= 11 is 0. The van der Waals surface area contributed by atoms with E-state index in [1.165, 1.54) is 0 Å². The molecule has 0 aliphatic carbocycles. The second-order valence-electron chi connectivity index (χ2n) is 6.15. The number of rotatable bonds is 3. The maximum atomic E-state index is 12.6. The average molecular weight is 291 g/mol. The van der Waals surface area contributed by atoms with Gasteiger partial charge >= 0.3 is 0 Å². The Bertz CT molecular complexity index is 528. The minimum Gasteiger partial charge on any atom is -0.492 e.